The Labute approximate surface area is 191 Å². The largest absolute Gasteiger partial charge is 0.493 e. The van der Waals surface area contributed by atoms with Gasteiger partial charge >= 0.3 is 5.97 Å². The van der Waals surface area contributed by atoms with Crippen molar-refractivity contribution in [2.75, 3.05) is 7.11 Å². The summed E-state index contributed by atoms with van der Waals surface area (Å²) in [5.74, 6) is 0.299. The maximum atomic E-state index is 13.4. The molecule has 0 unspecified atom stereocenters. The molecule has 3 aromatic carbocycles. The fourth-order valence-electron chi connectivity index (χ4n) is 4.03. The van der Waals surface area contributed by atoms with Gasteiger partial charge in [0.1, 0.15) is 11.8 Å². The van der Waals surface area contributed by atoms with E-state index in [1.54, 1.807) is 49.6 Å². The van der Waals surface area contributed by atoms with E-state index in [1.165, 1.54) is 4.90 Å². The number of carbonyl (C=O) groups is 2. The van der Waals surface area contributed by atoms with Gasteiger partial charge in [-0.1, -0.05) is 41.9 Å². The number of benzene rings is 3. The topological polar surface area (TPSA) is 76.1 Å². The lowest BCUT2D eigenvalue weighted by atomic mass is 10.0. The molecule has 7 heteroatoms. The first kappa shape index (κ1) is 21.7. The molecule has 0 aromatic heterocycles. The number of carbonyl (C=O) groups excluding carboxylic acids is 1. The molecule has 1 saturated heterocycles. The standard InChI is InChI=1S/C25H22ClNO5/c1-31-22-8-4-5-9-23(22)32-17-12-10-16(11-13-17)24(28)27-20(14-15-21(27)25(29)30)18-6-2-3-7-19(18)26/h2-13,20-21H,14-15H2,1H3,(H,29,30)/t20-,21+/m1/s1. The minimum absolute atomic E-state index is 0.358. The van der Waals surface area contributed by atoms with E-state index in [0.29, 0.717) is 40.7 Å². The molecule has 0 radical (unpaired) electrons. The number of hydrogen-bond acceptors (Lipinski definition) is 4. The Morgan fingerprint density at radius 3 is 2.25 bits per heavy atom. The highest BCUT2D eigenvalue weighted by Crippen LogP contribution is 2.40. The highest BCUT2D eigenvalue weighted by atomic mass is 35.5. The van der Waals surface area contributed by atoms with Crippen molar-refractivity contribution in [2.45, 2.75) is 24.9 Å². The molecule has 2 atom stereocenters. The van der Waals surface area contributed by atoms with Crippen molar-refractivity contribution in [3.63, 3.8) is 0 Å². The Morgan fingerprint density at radius 1 is 0.938 bits per heavy atom. The quantitative estimate of drug-likeness (QED) is 0.530. The first-order valence-corrected chi connectivity index (χ1v) is 10.6. The van der Waals surface area contributed by atoms with Gasteiger partial charge in [-0.25, -0.2) is 4.79 Å². The van der Waals surface area contributed by atoms with Gasteiger partial charge in [0.25, 0.3) is 5.91 Å². The van der Waals surface area contributed by atoms with Crippen LogP contribution >= 0.6 is 11.6 Å². The summed E-state index contributed by atoms with van der Waals surface area (Å²) in [7, 11) is 1.56. The SMILES string of the molecule is COc1ccccc1Oc1ccc(C(=O)N2[C@@H](c3ccccc3Cl)CC[C@H]2C(=O)O)cc1. The third-order valence-electron chi connectivity index (χ3n) is 5.57. The molecule has 0 bridgehead atoms. The van der Waals surface area contributed by atoms with E-state index in [1.807, 2.05) is 30.3 Å². The molecule has 164 valence electrons. The van der Waals surface area contributed by atoms with Gasteiger partial charge in [0.05, 0.1) is 13.2 Å². The maximum absolute atomic E-state index is 13.4. The molecule has 1 aliphatic rings. The Bertz CT molecular complexity index is 1130. The van der Waals surface area contributed by atoms with Gasteiger partial charge < -0.3 is 19.5 Å². The monoisotopic (exact) mass is 451 g/mol. The van der Waals surface area contributed by atoms with Crippen LogP contribution < -0.4 is 9.47 Å². The summed E-state index contributed by atoms with van der Waals surface area (Å²) in [6.45, 7) is 0. The molecular weight excluding hydrogens is 430 g/mol. The molecule has 0 spiro atoms. The highest BCUT2D eigenvalue weighted by Gasteiger charge is 2.42. The minimum Gasteiger partial charge on any atom is -0.493 e. The van der Waals surface area contributed by atoms with Crippen LogP contribution in [0.4, 0.5) is 0 Å². The lowest BCUT2D eigenvalue weighted by Gasteiger charge is -2.29. The molecule has 0 aliphatic carbocycles. The van der Waals surface area contributed by atoms with Crippen LogP contribution in [-0.4, -0.2) is 35.0 Å². The minimum atomic E-state index is -1.02. The van der Waals surface area contributed by atoms with Crippen LogP contribution in [0.1, 0.15) is 34.8 Å². The average Bonchev–Trinajstić information content (AvgIpc) is 3.25. The number of likely N-dealkylation sites (tertiary alicyclic amines) is 1. The first-order chi connectivity index (χ1) is 15.5. The van der Waals surface area contributed by atoms with Crippen LogP contribution in [0.25, 0.3) is 0 Å². The zero-order valence-corrected chi connectivity index (χ0v) is 18.2. The van der Waals surface area contributed by atoms with Crippen LogP contribution in [-0.2, 0) is 4.79 Å². The number of nitrogens with zero attached hydrogens (tertiary/aromatic N) is 1. The summed E-state index contributed by atoms with van der Waals surface area (Å²) in [4.78, 5) is 26.7. The van der Waals surface area contributed by atoms with Crippen molar-refractivity contribution >= 4 is 23.5 Å². The fraction of sp³-hybridized carbons (Fsp3) is 0.200. The molecule has 6 nitrogen and oxygen atoms in total. The summed E-state index contributed by atoms with van der Waals surface area (Å²) in [6, 6.07) is 19.8. The number of amides is 1. The highest BCUT2D eigenvalue weighted by molar-refractivity contribution is 6.31. The van der Waals surface area contributed by atoms with E-state index < -0.39 is 18.1 Å². The van der Waals surface area contributed by atoms with E-state index in [-0.39, 0.29) is 5.91 Å². The van der Waals surface area contributed by atoms with Gasteiger partial charge in [0.2, 0.25) is 0 Å². The second kappa shape index (κ2) is 9.32. The summed E-state index contributed by atoms with van der Waals surface area (Å²) in [5, 5.41) is 10.2. The van der Waals surface area contributed by atoms with Crippen LogP contribution in [0.15, 0.2) is 72.8 Å². The van der Waals surface area contributed by atoms with Gasteiger partial charge in [0.15, 0.2) is 11.5 Å². The number of hydrogen-bond donors (Lipinski definition) is 1. The van der Waals surface area contributed by atoms with Crippen LogP contribution in [0, 0.1) is 0 Å². The van der Waals surface area contributed by atoms with E-state index in [2.05, 4.69) is 0 Å². The van der Waals surface area contributed by atoms with Gasteiger partial charge in [-0.3, -0.25) is 4.79 Å². The predicted molar refractivity (Wildman–Crippen MR) is 121 cm³/mol. The second-order valence-corrected chi connectivity index (χ2v) is 7.87. The number of para-hydroxylation sites is 2. The van der Waals surface area contributed by atoms with Crippen molar-refractivity contribution in [3.8, 4) is 17.2 Å². The number of methoxy groups -OCH3 is 1. The zero-order valence-electron chi connectivity index (χ0n) is 17.4. The number of halogens is 1. The van der Waals surface area contributed by atoms with Crippen LogP contribution in [0.2, 0.25) is 5.02 Å². The molecular formula is C25H22ClNO5. The van der Waals surface area contributed by atoms with Crippen molar-refractivity contribution in [1.82, 2.24) is 4.90 Å². The van der Waals surface area contributed by atoms with Gasteiger partial charge in [-0.05, 0) is 60.9 Å². The van der Waals surface area contributed by atoms with Gasteiger partial charge in [-0.2, -0.15) is 0 Å². The van der Waals surface area contributed by atoms with Gasteiger partial charge in [0, 0.05) is 10.6 Å². The summed E-state index contributed by atoms with van der Waals surface area (Å²) < 4.78 is 11.2. The Morgan fingerprint density at radius 2 is 1.59 bits per heavy atom. The van der Waals surface area contributed by atoms with Crippen molar-refractivity contribution < 1.29 is 24.2 Å². The summed E-state index contributed by atoms with van der Waals surface area (Å²) in [5.41, 5.74) is 1.13. The maximum Gasteiger partial charge on any atom is 0.326 e. The molecule has 1 N–H and O–H groups in total. The second-order valence-electron chi connectivity index (χ2n) is 7.46. The molecule has 3 aromatic rings. The molecule has 4 rings (SSSR count). The molecule has 1 heterocycles. The third kappa shape index (κ3) is 4.27. The summed E-state index contributed by atoms with van der Waals surface area (Å²) >= 11 is 6.36. The smallest absolute Gasteiger partial charge is 0.326 e. The van der Waals surface area contributed by atoms with Crippen LogP contribution in [0.5, 0.6) is 17.2 Å². The number of carboxylic acid groups (broad SMARTS) is 1. The predicted octanol–water partition coefficient (Wildman–Crippen LogP) is 5.57. The number of ether oxygens (including phenoxy) is 2. The average molecular weight is 452 g/mol. The van der Waals surface area contributed by atoms with E-state index in [0.717, 1.165) is 5.56 Å². The van der Waals surface area contributed by atoms with Crippen molar-refractivity contribution in [2.24, 2.45) is 0 Å². The third-order valence-corrected chi connectivity index (χ3v) is 5.91. The van der Waals surface area contributed by atoms with Gasteiger partial charge in [-0.15, -0.1) is 0 Å². The summed E-state index contributed by atoms with van der Waals surface area (Å²) in [6.07, 6.45) is 0.896. The van der Waals surface area contributed by atoms with E-state index in [4.69, 9.17) is 21.1 Å². The van der Waals surface area contributed by atoms with Crippen LogP contribution in [0.3, 0.4) is 0 Å². The Balaban J connectivity index is 1.60. The Hall–Kier alpha value is -3.51. The number of aliphatic carboxylic acids is 1. The molecule has 32 heavy (non-hydrogen) atoms. The fourth-order valence-corrected chi connectivity index (χ4v) is 4.29. The first-order valence-electron chi connectivity index (χ1n) is 10.2. The molecule has 1 amide bonds. The number of rotatable bonds is 6. The lowest BCUT2D eigenvalue weighted by molar-refractivity contribution is -0.141. The van der Waals surface area contributed by atoms with Crippen molar-refractivity contribution in [1.29, 1.82) is 0 Å². The zero-order chi connectivity index (χ0) is 22.7. The lowest BCUT2D eigenvalue weighted by Crippen LogP contribution is -2.41. The molecule has 1 fully saturated rings. The van der Waals surface area contributed by atoms with Crippen molar-refractivity contribution in [3.05, 3.63) is 88.9 Å². The molecule has 1 aliphatic heterocycles. The molecule has 0 saturated carbocycles. The Kier molecular flexibility index (Phi) is 6.32. The normalized spacial score (nSPS) is 17.8. The van der Waals surface area contributed by atoms with E-state index >= 15 is 0 Å². The van der Waals surface area contributed by atoms with E-state index in [9.17, 15) is 14.7 Å². The number of carboxylic acids is 1.